The molecule has 0 saturated carbocycles. The lowest BCUT2D eigenvalue weighted by atomic mass is 10.0. The number of carbonyl (C=O) groups excluding carboxylic acids is 1. The lowest BCUT2D eigenvalue weighted by Gasteiger charge is -2.10. The number of Topliss-reactive ketones (excluding diaryl/α,β-unsaturated/α-hetero) is 1. The number of nitrogens with zero attached hydrogens (tertiary/aromatic N) is 2. The van der Waals surface area contributed by atoms with Crippen molar-refractivity contribution in [3.8, 4) is 11.8 Å². The van der Waals surface area contributed by atoms with E-state index in [4.69, 9.17) is 10.4 Å². The number of pyridine rings is 1. The molecule has 2 aromatic rings. The highest BCUT2D eigenvalue weighted by atomic mass is 19.4. The second-order valence-corrected chi connectivity index (χ2v) is 5.66. The SMILES string of the molecule is N#Cc1cc(Cc2cccc(C(F)(F)F)c2)nc(C(=O)CCC(=O)O)c1O. The summed E-state index contributed by atoms with van der Waals surface area (Å²) in [6.07, 6.45) is -5.56. The quantitative estimate of drug-likeness (QED) is 0.746. The van der Waals surface area contributed by atoms with Gasteiger partial charge in [0, 0.05) is 18.5 Å². The zero-order valence-corrected chi connectivity index (χ0v) is 13.7. The Morgan fingerprint density at radius 2 is 1.89 bits per heavy atom. The molecule has 1 aromatic carbocycles. The van der Waals surface area contributed by atoms with Gasteiger partial charge in [-0.05, 0) is 17.7 Å². The number of halogens is 3. The van der Waals surface area contributed by atoms with Gasteiger partial charge in [0.05, 0.1) is 17.5 Å². The summed E-state index contributed by atoms with van der Waals surface area (Å²) in [5, 5.41) is 27.7. The molecule has 0 atom stereocenters. The summed E-state index contributed by atoms with van der Waals surface area (Å²) in [4.78, 5) is 26.6. The number of hydrogen-bond donors (Lipinski definition) is 2. The summed E-state index contributed by atoms with van der Waals surface area (Å²) in [6.45, 7) is 0. The normalized spacial score (nSPS) is 11.0. The van der Waals surface area contributed by atoms with Crippen molar-refractivity contribution >= 4 is 11.8 Å². The van der Waals surface area contributed by atoms with Gasteiger partial charge in [-0.25, -0.2) is 4.98 Å². The van der Waals surface area contributed by atoms with Crippen LogP contribution in [0.4, 0.5) is 13.2 Å². The molecule has 27 heavy (non-hydrogen) atoms. The molecule has 9 heteroatoms. The van der Waals surface area contributed by atoms with Gasteiger partial charge in [-0.2, -0.15) is 18.4 Å². The Balaban J connectivity index is 2.38. The fourth-order valence-electron chi connectivity index (χ4n) is 2.37. The number of nitriles is 1. The third kappa shape index (κ3) is 5.04. The van der Waals surface area contributed by atoms with Crippen molar-refractivity contribution in [3.05, 3.63) is 58.4 Å². The third-order valence-electron chi connectivity index (χ3n) is 3.64. The fourth-order valence-corrected chi connectivity index (χ4v) is 2.37. The highest BCUT2D eigenvalue weighted by Crippen LogP contribution is 2.30. The summed E-state index contributed by atoms with van der Waals surface area (Å²) in [7, 11) is 0. The smallest absolute Gasteiger partial charge is 0.416 e. The molecule has 0 aliphatic heterocycles. The van der Waals surface area contributed by atoms with E-state index in [2.05, 4.69) is 4.98 Å². The molecule has 2 rings (SSSR count). The number of carbonyl (C=O) groups is 2. The molecule has 0 spiro atoms. The van der Waals surface area contributed by atoms with E-state index in [1.54, 1.807) is 6.07 Å². The Kier molecular flexibility index (Phi) is 5.80. The summed E-state index contributed by atoms with van der Waals surface area (Å²) in [5.74, 6) is -2.68. The minimum Gasteiger partial charge on any atom is -0.504 e. The van der Waals surface area contributed by atoms with Crippen LogP contribution in [0.15, 0.2) is 30.3 Å². The first kappa shape index (κ1) is 19.9. The second-order valence-electron chi connectivity index (χ2n) is 5.66. The number of aromatic hydroxyl groups is 1. The Morgan fingerprint density at radius 1 is 1.19 bits per heavy atom. The Morgan fingerprint density at radius 3 is 2.48 bits per heavy atom. The molecule has 0 radical (unpaired) electrons. The average Bonchev–Trinajstić information content (AvgIpc) is 2.60. The number of aliphatic carboxylic acids is 1. The van der Waals surface area contributed by atoms with E-state index in [1.807, 2.05) is 0 Å². The van der Waals surface area contributed by atoms with Gasteiger partial charge in [0.1, 0.15) is 11.8 Å². The molecule has 0 aliphatic carbocycles. The average molecular weight is 378 g/mol. The molecule has 0 fully saturated rings. The van der Waals surface area contributed by atoms with Crippen molar-refractivity contribution in [3.63, 3.8) is 0 Å². The summed E-state index contributed by atoms with van der Waals surface area (Å²) >= 11 is 0. The maximum Gasteiger partial charge on any atom is 0.416 e. The van der Waals surface area contributed by atoms with Crippen molar-refractivity contribution in [2.45, 2.75) is 25.4 Å². The highest BCUT2D eigenvalue weighted by molar-refractivity contribution is 5.98. The summed E-state index contributed by atoms with van der Waals surface area (Å²) in [5.41, 5.74) is -1.25. The Labute approximate surface area is 151 Å². The lowest BCUT2D eigenvalue weighted by molar-refractivity contribution is -0.138. The minimum atomic E-state index is -4.52. The first-order valence-corrected chi connectivity index (χ1v) is 7.66. The molecule has 0 unspecified atom stereocenters. The Hall–Kier alpha value is -3.41. The van der Waals surface area contributed by atoms with Crippen LogP contribution in [-0.2, 0) is 17.4 Å². The van der Waals surface area contributed by atoms with Crippen LogP contribution in [0.3, 0.4) is 0 Å². The van der Waals surface area contributed by atoms with Crippen molar-refractivity contribution in [1.82, 2.24) is 4.98 Å². The van der Waals surface area contributed by atoms with E-state index >= 15 is 0 Å². The zero-order chi connectivity index (χ0) is 20.2. The van der Waals surface area contributed by atoms with E-state index in [1.165, 1.54) is 18.2 Å². The van der Waals surface area contributed by atoms with Gasteiger partial charge in [0.25, 0.3) is 0 Å². The van der Waals surface area contributed by atoms with Crippen LogP contribution >= 0.6 is 0 Å². The molecular weight excluding hydrogens is 365 g/mol. The predicted octanol–water partition coefficient (Wildman–Crippen LogP) is 3.32. The number of aromatic nitrogens is 1. The standard InChI is InChI=1S/C18H13F3N2O4/c19-18(20,21)12-3-1-2-10(6-12)7-13-8-11(9-22)17(27)16(23-13)14(24)4-5-15(25)26/h1-3,6,8,27H,4-5,7H2,(H,25,26). The minimum absolute atomic E-state index is 0.0994. The largest absolute Gasteiger partial charge is 0.504 e. The molecule has 1 aromatic heterocycles. The summed E-state index contributed by atoms with van der Waals surface area (Å²) < 4.78 is 38.4. The second kappa shape index (κ2) is 7.86. The number of hydrogen-bond acceptors (Lipinski definition) is 5. The maximum absolute atomic E-state index is 12.8. The van der Waals surface area contributed by atoms with Crippen LogP contribution < -0.4 is 0 Å². The van der Waals surface area contributed by atoms with Gasteiger partial charge in [0.2, 0.25) is 0 Å². The maximum atomic E-state index is 12.8. The summed E-state index contributed by atoms with van der Waals surface area (Å²) in [6, 6.07) is 7.34. The number of alkyl halides is 3. The molecule has 1 heterocycles. The van der Waals surface area contributed by atoms with Gasteiger partial charge >= 0.3 is 12.1 Å². The molecule has 6 nitrogen and oxygen atoms in total. The first-order valence-electron chi connectivity index (χ1n) is 7.66. The molecule has 0 aliphatic rings. The van der Waals surface area contributed by atoms with E-state index < -0.39 is 47.8 Å². The van der Waals surface area contributed by atoms with Gasteiger partial charge < -0.3 is 10.2 Å². The fraction of sp³-hybridized carbons (Fsp3) is 0.222. The topological polar surface area (TPSA) is 111 Å². The van der Waals surface area contributed by atoms with Crippen LogP contribution in [0, 0.1) is 11.3 Å². The van der Waals surface area contributed by atoms with Gasteiger partial charge in [-0.15, -0.1) is 0 Å². The van der Waals surface area contributed by atoms with Crippen LogP contribution in [0.5, 0.6) is 5.75 Å². The first-order chi connectivity index (χ1) is 12.6. The number of carboxylic acid groups (broad SMARTS) is 1. The van der Waals surface area contributed by atoms with E-state index in [-0.39, 0.29) is 23.2 Å². The van der Waals surface area contributed by atoms with Crippen LogP contribution in [-0.4, -0.2) is 26.9 Å². The number of benzene rings is 1. The van der Waals surface area contributed by atoms with Crippen molar-refractivity contribution in [1.29, 1.82) is 5.26 Å². The molecule has 0 amide bonds. The molecule has 2 N–H and O–H groups in total. The molecule has 140 valence electrons. The highest BCUT2D eigenvalue weighted by Gasteiger charge is 2.30. The van der Waals surface area contributed by atoms with Crippen molar-refractivity contribution in [2.75, 3.05) is 0 Å². The lowest BCUT2D eigenvalue weighted by Crippen LogP contribution is -2.09. The zero-order valence-electron chi connectivity index (χ0n) is 13.7. The predicted molar refractivity (Wildman–Crippen MR) is 86.1 cm³/mol. The molecular formula is C18H13F3N2O4. The number of carboxylic acids is 1. The van der Waals surface area contributed by atoms with Gasteiger partial charge in [-0.3, -0.25) is 9.59 Å². The van der Waals surface area contributed by atoms with Gasteiger partial charge in [-0.1, -0.05) is 18.2 Å². The van der Waals surface area contributed by atoms with E-state index in [0.29, 0.717) is 0 Å². The van der Waals surface area contributed by atoms with Crippen LogP contribution in [0.1, 0.15) is 45.7 Å². The third-order valence-corrected chi connectivity index (χ3v) is 3.64. The van der Waals surface area contributed by atoms with Gasteiger partial charge in [0.15, 0.2) is 11.5 Å². The molecule has 0 bridgehead atoms. The van der Waals surface area contributed by atoms with E-state index in [0.717, 1.165) is 12.1 Å². The monoisotopic (exact) mass is 378 g/mol. The number of rotatable bonds is 6. The number of ketones is 1. The molecule has 0 saturated heterocycles. The van der Waals surface area contributed by atoms with Crippen LogP contribution in [0.25, 0.3) is 0 Å². The van der Waals surface area contributed by atoms with E-state index in [9.17, 15) is 27.9 Å². The van der Waals surface area contributed by atoms with Crippen molar-refractivity contribution < 1.29 is 33.0 Å². The Bertz CT molecular complexity index is 933. The van der Waals surface area contributed by atoms with Crippen LogP contribution in [0.2, 0.25) is 0 Å². The van der Waals surface area contributed by atoms with Crippen molar-refractivity contribution in [2.24, 2.45) is 0 Å².